The number of sulfonamides is 1. The van der Waals surface area contributed by atoms with Crippen molar-refractivity contribution in [2.75, 3.05) is 20.2 Å². The van der Waals surface area contributed by atoms with Crippen LogP contribution in [0.3, 0.4) is 0 Å². The van der Waals surface area contributed by atoms with Crippen LogP contribution < -0.4 is 25.7 Å². The third-order valence-electron chi connectivity index (χ3n) is 10.9. The van der Waals surface area contributed by atoms with Gasteiger partial charge in [0.25, 0.3) is 11.5 Å². The summed E-state index contributed by atoms with van der Waals surface area (Å²) in [7, 11) is -2.50. The van der Waals surface area contributed by atoms with Crippen molar-refractivity contribution >= 4 is 44.9 Å². The largest absolute Gasteiger partial charge is 0.497 e. The van der Waals surface area contributed by atoms with Gasteiger partial charge in [-0.3, -0.25) is 23.9 Å². The smallest absolute Gasteiger partial charge is 0.407 e. The number of amides is 4. The highest BCUT2D eigenvalue weighted by atomic mass is 32.2. The molecule has 322 valence electrons. The molecule has 0 unspecified atom stereocenters. The Hall–Kier alpha value is -4.35. The van der Waals surface area contributed by atoms with Crippen molar-refractivity contribution in [3.63, 3.8) is 0 Å². The maximum Gasteiger partial charge on any atom is 0.407 e. The minimum atomic E-state index is -4.05. The number of aryl methyl sites for hydroxylation is 1. The van der Waals surface area contributed by atoms with Crippen LogP contribution in [0.15, 0.2) is 23.0 Å². The summed E-state index contributed by atoms with van der Waals surface area (Å²) in [4.78, 5) is 73.4. The van der Waals surface area contributed by atoms with Crippen molar-refractivity contribution in [2.24, 2.45) is 23.7 Å². The number of unbranched alkanes of at least 4 members (excludes halogenated alkanes) is 2. The lowest BCUT2D eigenvalue weighted by Gasteiger charge is -2.29. The standard InChI is InChI=1S/C35H46F2N6O9S.C4H10.3H2/c1-3-19-13-14-43(29(19)32(46)41-35(17-23(35)30(36)37)33(47)42-53(49,50)22-10-11-22)28(44)18-38-34(48)52-27-15-20(27)7-5-4-6-8-25-31(45)40-26-16-21(51-2)9-12-24(26)39-25;1-4(2)3;;;/h9,12,16,19-20,22-23,27,29-30H,3-8,10-11,13-15,17-18H2,1-2H3,(H,38,48)(H,40,45)(H,41,46)(H,42,47);4H,1-3H3;3*1H/t19-,20-,23+,27-,29+,35-;;;;/m1..../s1. The van der Waals surface area contributed by atoms with Crippen LogP contribution in [0.25, 0.3) is 11.0 Å². The number of methoxy groups -OCH3 is 1. The Morgan fingerprint density at radius 3 is 2.44 bits per heavy atom. The zero-order valence-corrected chi connectivity index (χ0v) is 34.1. The fourth-order valence-corrected chi connectivity index (χ4v) is 8.68. The molecule has 4 aliphatic rings. The maximum absolute atomic E-state index is 13.8. The number of aromatic amines is 1. The molecule has 3 aliphatic carbocycles. The van der Waals surface area contributed by atoms with E-state index < -0.39 is 76.0 Å². The first-order valence-corrected chi connectivity index (χ1v) is 21.5. The van der Waals surface area contributed by atoms with Crippen LogP contribution >= 0.6 is 0 Å². The molecule has 18 heteroatoms. The fourth-order valence-electron chi connectivity index (χ4n) is 7.32. The topological polar surface area (TPSA) is 206 Å². The van der Waals surface area contributed by atoms with Gasteiger partial charge in [0.1, 0.15) is 35.7 Å². The van der Waals surface area contributed by atoms with Gasteiger partial charge in [-0.2, -0.15) is 0 Å². The third kappa shape index (κ3) is 11.2. The number of alkyl halides is 2. The molecule has 57 heavy (non-hydrogen) atoms. The molecule has 4 N–H and O–H groups in total. The molecular weight excluding hydrogens is 767 g/mol. The summed E-state index contributed by atoms with van der Waals surface area (Å²) in [6.07, 6.45) is 1.73. The van der Waals surface area contributed by atoms with Crippen molar-refractivity contribution in [3.05, 3.63) is 34.2 Å². The molecule has 3 saturated carbocycles. The Morgan fingerprint density at radius 2 is 1.81 bits per heavy atom. The number of hydrogen-bond donors (Lipinski definition) is 4. The molecule has 1 saturated heterocycles. The van der Waals surface area contributed by atoms with Gasteiger partial charge in [-0.15, -0.1) is 0 Å². The van der Waals surface area contributed by atoms with Gasteiger partial charge in [0.05, 0.1) is 29.3 Å². The first-order valence-electron chi connectivity index (χ1n) is 20.0. The van der Waals surface area contributed by atoms with E-state index in [-0.39, 0.29) is 34.3 Å². The molecule has 0 bridgehead atoms. The SMILES string of the molecule is CC(C)C.CC[C@@H]1CCN(C(=O)CNC(=O)O[C@@H]2C[C@H]2CCCCCc2nc3ccc(OC)cc3[nH]c2=O)[C@@H]1C(=O)N[C@]1(C(=O)NS(=O)(=O)C2CC2)C[C@H]1C(F)F.[HH].[HH].[HH]. The molecule has 6 atom stereocenters. The van der Waals surface area contributed by atoms with Crippen molar-refractivity contribution < 1.29 is 50.1 Å². The van der Waals surface area contributed by atoms with Crippen LogP contribution in [0, 0.1) is 23.7 Å². The van der Waals surface area contributed by atoms with Crippen molar-refractivity contribution in [1.82, 2.24) is 30.2 Å². The van der Waals surface area contributed by atoms with Crippen LogP contribution in [0.1, 0.15) is 102 Å². The van der Waals surface area contributed by atoms with E-state index in [1.165, 1.54) is 4.90 Å². The highest BCUT2D eigenvalue weighted by Gasteiger charge is 2.66. The quantitative estimate of drug-likeness (QED) is 0.158. The molecule has 0 spiro atoms. The van der Waals surface area contributed by atoms with E-state index in [2.05, 4.69) is 41.4 Å². The van der Waals surface area contributed by atoms with E-state index in [4.69, 9.17) is 9.47 Å². The van der Waals surface area contributed by atoms with Gasteiger partial charge in [-0.05, 0) is 81.3 Å². The number of aromatic nitrogens is 2. The lowest BCUT2D eigenvalue weighted by Crippen LogP contribution is -2.58. The van der Waals surface area contributed by atoms with Crippen molar-refractivity contribution in [2.45, 2.75) is 128 Å². The molecule has 4 fully saturated rings. The normalized spacial score (nSPS) is 25.1. The summed E-state index contributed by atoms with van der Waals surface area (Å²) in [6, 6.07) is 4.22. The van der Waals surface area contributed by atoms with Crippen molar-refractivity contribution in [3.8, 4) is 5.75 Å². The summed E-state index contributed by atoms with van der Waals surface area (Å²) < 4.78 is 64.8. The Morgan fingerprint density at radius 1 is 1.09 bits per heavy atom. The number of likely N-dealkylation sites (tertiary alicyclic amines) is 1. The summed E-state index contributed by atoms with van der Waals surface area (Å²) in [5.74, 6) is -2.87. The highest BCUT2D eigenvalue weighted by Crippen LogP contribution is 2.48. The number of fused-ring (bicyclic) bond motifs is 1. The second-order valence-corrected chi connectivity index (χ2v) is 18.3. The van der Waals surface area contributed by atoms with Crippen LogP contribution in [0.4, 0.5) is 13.6 Å². The molecule has 1 aromatic heterocycles. The van der Waals surface area contributed by atoms with Gasteiger partial charge < -0.3 is 30.0 Å². The molecule has 2 heterocycles. The highest BCUT2D eigenvalue weighted by molar-refractivity contribution is 7.91. The van der Waals surface area contributed by atoms with Crippen LogP contribution in [0.5, 0.6) is 5.75 Å². The summed E-state index contributed by atoms with van der Waals surface area (Å²) in [6.45, 7) is 8.02. The minimum Gasteiger partial charge on any atom is -0.497 e. The number of alkyl carbamates (subject to hydrolysis) is 1. The molecule has 1 aliphatic heterocycles. The Balaban J connectivity index is 0.00000170. The van der Waals surface area contributed by atoms with Crippen LogP contribution in [0.2, 0.25) is 0 Å². The van der Waals surface area contributed by atoms with E-state index in [0.29, 0.717) is 61.0 Å². The second-order valence-electron chi connectivity index (χ2n) is 16.3. The first kappa shape index (κ1) is 43.8. The predicted octanol–water partition coefficient (Wildman–Crippen LogP) is 4.93. The van der Waals surface area contributed by atoms with E-state index in [0.717, 1.165) is 31.6 Å². The number of ether oxygens (including phenoxy) is 2. The average Bonchev–Trinajstić information content (AvgIpc) is 4.08. The number of halogens is 2. The summed E-state index contributed by atoms with van der Waals surface area (Å²) >= 11 is 0. The Bertz CT molecular complexity index is 1970. The number of benzene rings is 1. The number of carbonyl (C=O) groups excluding carboxylic acids is 4. The number of H-pyrrole nitrogens is 1. The molecule has 15 nitrogen and oxygen atoms in total. The molecule has 2 aromatic rings. The van der Waals surface area contributed by atoms with Gasteiger partial charge in [0.15, 0.2) is 0 Å². The molecule has 1 aromatic carbocycles. The van der Waals surface area contributed by atoms with Gasteiger partial charge in [0, 0.05) is 16.9 Å². The number of nitrogens with zero attached hydrogens (tertiary/aromatic N) is 2. The third-order valence-corrected chi connectivity index (χ3v) is 12.7. The Kier molecular flexibility index (Phi) is 14.2. The van der Waals surface area contributed by atoms with Gasteiger partial charge >= 0.3 is 6.09 Å². The number of nitrogens with one attached hydrogen (secondary N) is 4. The van der Waals surface area contributed by atoms with E-state index in [9.17, 15) is 41.2 Å². The zero-order chi connectivity index (χ0) is 41.7. The van der Waals surface area contributed by atoms with E-state index in [1.807, 2.05) is 11.6 Å². The molecule has 6 rings (SSSR count). The van der Waals surface area contributed by atoms with Gasteiger partial charge in [0.2, 0.25) is 28.3 Å². The molecule has 4 amide bonds. The fraction of sp³-hybridized carbons (Fsp3) is 0.692. The summed E-state index contributed by atoms with van der Waals surface area (Å²) in [5.41, 5.74) is -0.551. The Labute approximate surface area is 336 Å². The van der Waals surface area contributed by atoms with Crippen molar-refractivity contribution in [1.29, 1.82) is 0 Å². The van der Waals surface area contributed by atoms with E-state index in [1.54, 1.807) is 25.3 Å². The van der Waals surface area contributed by atoms with Gasteiger partial charge in [-0.1, -0.05) is 47.0 Å². The maximum atomic E-state index is 13.8. The minimum absolute atomic E-state index is 0. The van der Waals surface area contributed by atoms with Crippen LogP contribution in [-0.4, -0.2) is 96.7 Å². The molecule has 0 radical (unpaired) electrons. The number of rotatable bonds is 17. The number of hydrogen-bond acceptors (Lipinski definition) is 10. The lowest BCUT2D eigenvalue weighted by atomic mass is 9.96. The predicted molar refractivity (Wildman–Crippen MR) is 213 cm³/mol. The molecular formula is C39H62F2N6O9S. The second kappa shape index (κ2) is 18.5. The lowest BCUT2D eigenvalue weighted by molar-refractivity contribution is -0.140. The summed E-state index contributed by atoms with van der Waals surface area (Å²) in [5, 5.41) is 4.07. The number of carbonyl (C=O) groups is 4. The first-order chi connectivity index (χ1) is 27.0. The van der Waals surface area contributed by atoms with Gasteiger partial charge in [-0.25, -0.2) is 27.0 Å². The average molecular weight is 829 g/mol. The zero-order valence-electron chi connectivity index (χ0n) is 33.3. The monoisotopic (exact) mass is 828 g/mol. The van der Waals surface area contributed by atoms with Crippen LogP contribution in [-0.2, 0) is 35.6 Å². The van der Waals surface area contributed by atoms with E-state index >= 15 is 0 Å².